The first-order chi connectivity index (χ1) is 9.65. The minimum Gasteiger partial charge on any atom is -0.491 e. The molecule has 20 heavy (non-hydrogen) atoms. The molecule has 1 aromatic carbocycles. The number of benzene rings is 1. The smallest absolute Gasteiger partial charge is 0.119 e. The van der Waals surface area contributed by atoms with E-state index < -0.39 is 0 Å². The Balaban J connectivity index is 1.71. The van der Waals surface area contributed by atoms with Crippen LogP contribution in [-0.4, -0.2) is 43.3 Å². The third-order valence-corrected chi connectivity index (χ3v) is 4.02. The summed E-state index contributed by atoms with van der Waals surface area (Å²) in [7, 11) is 0. The molecule has 0 bridgehead atoms. The Kier molecular flexibility index (Phi) is 5.86. The summed E-state index contributed by atoms with van der Waals surface area (Å²) in [5.41, 5.74) is 1.27. The lowest BCUT2D eigenvalue weighted by molar-refractivity contribution is 0.0164. The first kappa shape index (κ1) is 15.3. The summed E-state index contributed by atoms with van der Waals surface area (Å²) in [6.45, 7) is 10.4. The fourth-order valence-corrected chi connectivity index (χ4v) is 2.58. The van der Waals surface area contributed by atoms with Gasteiger partial charge in [-0.15, -0.1) is 0 Å². The van der Waals surface area contributed by atoms with Crippen LogP contribution < -0.4 is 4.74 Å². The fourth-order valence-electron chi connectivity index (χ4n) is 2.58. The van der Waals surface area contributed by atoms with Gasteiger partial charge in [0.05, 0.1) is 19.3 Å². The molecule has 1 heterocycles. The predicted octanol–water partition coefficient (Wildman–Crippen LogP) is 3.26. The summed E-state index contributed by atoms with van der Waals surface area (Å²) in [4.78, 5) is 2.52. The SMILES string of the molecule is Cc1ccc(O[C@H](C)CC[C@H](C)N2CCOCC2)cc1. The van der Waals surface area contributed by atoms with Gasteiger partial charge in [-0.3, -0.25) is 4.90 Å². The minimum atomic E-state index is 0.265. The lowest BCUT2D eigenvalue weighted by atomic mass is 10.1. The Morgan fingerprint density at radius 3 is 2.40 bits per heavy atom. The van der Waals surface area contributed by atoms with Crippen molar-refractivity contribution in [3.8, 4) is 5.75 Å². The van der Waals surface area contributed by atoms with Gasteiger partial charge in [-0.05, 0) is 45.7 Å². The summed E-state index contributed by atoms with van der Waals surface area (Å²) in [6.07, 6.45) is 2.53. The summed E-state index contributed by atoms with van der Waals surface area (Å²) >= 11 is 0. The van der Waals surface area contributed by atoms with Gasteiger partial charge in [0.2, 0.25) is 0 Å². The number of aryl methyl sites for hydroxylation is 1. The van der Waals surface area contributed by atoms with E-state index in [0.29, 0.717) is 6.04 Å². The topological polar surface area (TPSA) is 21.7 Å². The van der Waals surface area contributed by atoms with E-state index in [9.17, 15) is 0 Å². The second-order valence-corrected chi connectivity index (χ2v) is 5.82. The van der Waals surface area contributed by atoms with Gasteiger partial charge in [0.1, 0.15) is 5.75 Å². The zero-order valence-corrected chi connectivity index (χ0v) is 13.0. The van der Waals surface area contributed by atoms with Crippen LogP contribution >= 0.6 is 0 Å². The van der Waals surface area contributed by atoms with Gasteiger partial charge >= 0.3 is 0 Å². The molecule has 0 aliphatic carbocycles. The van der Waals surface area contributed by atoms with Crippen LogP contribution in [0.25, 0.3) is 0 Å². The largest absolute Gasteiger partial charge is 0.491 e. The number of nitrogens with zero attached hydrogens (tertiary/aromatic N) is 1. The summed E-state index contributed by atoms with van der Waals surface area (Å²) in [6, 6.07) is 8.91. The lowest BCUT2D eigenvalue weighted by Crippen LogP contribution is -2.42. The highest BCUT2D eigenvalue weighted by Crippen LogP contribution is 2.17. The van der Waals surface area contributed by atoms with Gasteiger partial charge in [0, 0.05) is 19.1 Å². The van der Waals surface area contributed by atoms with Crippen LogP contribution in [0.1, 0.15) is 32.3 Å². The second-order valence-electron chi connectivity index (χ2n) is 5.82. The Morgan fingerprint density at radius 1 is 1.10 bits per heavy atom. The molecule has 3 heteroatoms. The van der Waals surface area contributed by atoms with Gasteiger partial charge in [0.25, 0.3) is 0 Å². The van der Waals surface area contributed by atoms with Crippen LogP contribution in [0.5, 0.6) is 5.75 Å². The second kappa shape index (κ2) is 7.65. The fraction of sp³-hybridized carbons (Fsp3) is 0.647. The first-order valence-corrected chi connectivity index (χ1v) is 7.70. The summed E-state index contributed by atoms with van der Waals surface area (Å²) in [5, 5.41) is 0. The van der Waals surface area contributed by atoms with Crippen molar-refractivity contribution in [2.24, 2.45) is 0 Å². The molecule has 0 spiro atoms. The Bertz CT molecular complexity index is 384. The van der Waals surface area contributed by atoms with Crippen LogP contribution in [0.4, 0.5) is 0 Å². The van der Waals surface area contributed by atoms with E-state index in [1.165, 1.54) is 12.0 Å². The van der Waals surface area contributed by atoms with Crippen LogP contribution in [0, 0.1) is 6.92 Å². The predicted molar refractivity (Wildman–Crippen MR) is 82.4 cm³/mol. The molecule has 1 aromatic rings. The number of rotatable bonds is 6. The molecule has 1 saturated heterocycles. The van der Waals surface area contributed by atoms with E-state index in [-0.39, 0.29) is 6.10 Å². The maximum atomic E-state index is 5.96. The van der Waals surface area contributed by atoms with Crippen LogP contribution in [0.15, 0.2) is 24.3 Å². The third kappa shape index (κ3) is 4.80. The van der Waals surface area contributed by atoms with Crippen molar-refractivity contribution in [2.75, 3.05) is 26.3 Å². The maximum absolute atomic E-state index is 5.96. The summed E-state index contributed by atoms with van der Waals surface area (Å²) < 4.78 is 11.4. The first-order valence-electron chi connectivity index (χ1n) is 7.70. The van der Waals surface area contributed by atoms with E-state index in [4.69, 9.17) is 9.47 Å². The maximum Gasteiger partial charge on any atom is 0.119 e. The standard InChI is InChI=1S/C17H27NO2/c1-14-4-8-17(9-5-14)20-16(3)7-6-15(2)18-10-12-19-13-11-18/h4-5,8-9,15-16H,6-7,10-13H2,1-3H3/t15-,16+/m0/s1. The molecule has 0 N–H and O–H groups in total. The van der Waals surface area contributed by atoms with E-state index >= 15 is 0 Å². The highest BCUT2D eigenvalue weighted by Gasteiger charge is 2.17. The number of hydrogen-bond acceptors (Lipinski definition) is 3. The quantitative estimate of drug-likeness (QED) is 0.796. The van der Waals surface area contributed by atoms with Gasteiger partial charge < -0.3 is 9.47 Å². The lowest BCUT2D eigenvalue weighted by Gasteiger charge is -2.32. The molecule has 0 radical (unpaired) electrons. The zero-order chi connectivity index (χ0) is 14.4. The van der Waals surface area contributed by atoms with Crippen molar-refractivity contribution in [3.05, 3.63) is 29.8 Å². The van der Waals surface area contributed by atoms with Crippen molar-refractivity contribution in [1.29, 1.82) is 0 Å². The average molecular weight is 277 g/mol. The van der Waals surface area contributed by atoms with E-state index in [1.807, 2.05) is 0 Å². The van der Waals surface area contributed by atoms with Crippen LogP contribution in [-0.2, 0) is 4.74 Å². The molecule has 0 aromatic heterocycles. The average Bonchev–Trinajstić information content (AvgIpc) is 2.48. The van der Waals surface area contributed by atoms with Gasteiger partial charge in [-0.1, -0.05) is 17.7 Å². The van der Waals surface area contributed by atoms with Gasteiger partial charge in [-0.2, -0.15) is 0 Å². The molecule has 3 nitrogen and oxygen atoms in total. The van der Waals surface area contributed by atoms with Crippen molar-refractivity contribution in [2.45, 2.75) is 45.8 Å². The Labute approximate surface area is 122 Å². The Morgan fingerprint density at radius 2 is 1.75 bits per heavy atom. The number of morpholine rings is 1. The summed E-state index contributed by atoms with van der Waals surface area (Å²) in [5.74, 6) is 0.974. The van der Waals surface area contributed by atoms with Crippen molar-refractivity contribution in [1.82, 2.24) is 4.90 Å². The monoisotopic (exact) mass is 277 g/mol. The molecule has 112 valence electrons. The third-order valence-electron chi connectivity index (χ3n) is 4.02. The van der Waals surface area contributed by atoms with Gasteiger partial charge in [0.15, 0.2) is 0 Å². The normalized spacial score (nSPS) is 19.6. The van der Waals surface area contributed by atoms with Crippen molar-refractivity contribution < 1.29 is 9.47 Å². The highest BCUT2D eigenvalue weighted by molar-refractivity contribution is 5.26. The molecule has 0 unspecified atom stereocenters. The molecular formula is C17H27NO2. The molecule has 1 fully saturated rings. The van der Waals surface area contributed by atoms with E-state index in [2.05, 4.69) is 49.9 Å². The van der Waals surface area contributed by atoms with Crippen LogP contribution in [0.3, 0.4) is 0 Å². The minimum absolute atomic E-state index is 0.265. The Hall–Kier alpha value is -1.06. The molecule has 2 atom stereocenters. The van der Waals surface area contributed by atoms with Gasteiger partial charge in [-0.25, -0.2) is 0 Å². The van der Waals surface area contributed by atoms with Crippen molar-refractivity contribution >= 4 is 0 Å². The molecule has 0 amide bonds. The molecule has 1 aliphatic rings. The molecule has 1 aliphatic heterocycles. The van der Waals surface area contributed by atoms with Crippen LogP contribution in [0.2, 0.25) is 0 Å². The van der Waals surface area contributed by atoms with Crippen molar-refractivity contribution in [3.63, 3.8) is 0 Å². The van der Waals surface area contributed by atoms with E-state index in [1.54, 1.807) is 0 Å². The molecule has 0 saturated carbocycles. The molecule has 2 rings (SSSR count). The zero-order valence-electron chi connectivity index (χ0n) is 13.0. The number of ether oxygens (including phenoxy) is 2. The molecular weight excluding hydrogens is 250 g/mol. The number of hydrogen-bond donors (Lipinski definition) is 0. The van der Waals surface area contributed by atoms with E-state index in [0.717, 1.165) is 38.5 Å². The highest BCUT2D eigenvalue weighted by atomic mass is 16.5.